The van der Waals surface area contributed by atoms with E-state index in [4.69, 9.17) is 0 Å². The first-order chi connectivity index (χ1) is 27.4. The first-order valence-corrected chi connectivity index (χ1v) is 20.2. The number of amides is 6. The molecule has 14 nitrogen and oxygen atoms in total. The summed E-state index contributed by atoms with van der Waals surface area (Å²) in [6, 6.07) is 12.4. The zero-order valence-corrected chi connectivity index (χ0v) is 32.6. The lowest BCUT2D eigenvalue weighted by Crippen LogP contribution is -2.54. The van der Waals surface area contributed by atoms with Gasteiger partial charge in [-0.1, -0.05) is 86.7 Å². The predicted octanol–water partition coefficient (Wildman–Crippen LogP) is 3.45. The molecule has 2 saturated carbocycles. The van der Waals surface area contributed by atoms with E-state index in [0.29, 0.717) is 24.1 Å². The molecule has 3 aliphatic rings. The fourth-order valence-corrected chi connectivity index (χ4v) is 8.20. The van der Waals surface area contributed by atoms with E-state index in [1.165, 1.54) is 6.92 Å². The van der Waals surface area contributed by atoms with Gasteiger partial charge in [0.05, 0.1) is 6.42 Å². The van der Waals surface area contributed by atoms with Crippen LogP contribution in [0.5, 0.6) is 0 Å². The summed E-state index contributed by atoms with van der Waals surface area (Å²) in [6.45, 7) is 1.60. The number of carboxylic acid groups (broad SMARTS) is 1. The zero-order chi connectivity index (χ0) is 40.8. The number of carboxylic acids is 1. The van der Waals surface area contributed by atoms with E-state index in [0.717, 1.165) is 50.5 Å². The minimum Gasteiger partial charge on any atom is -0.480 e. The summed E-state index contributed by atoms with van der Waals surface area (Å²) in [5, 5.41) is 26.5. The topological polar surface area (TPSA) is 212 Å². The molecule has 1 heterocycles. The third-order valence-corrected chi connectivity index (χ3v) is 11.3. The molecule has 306 valence electrons. The summed E-state index contributed by atoms with van der Waals surface area (Å²) < 4.78 is 0. The van der Waals surface area contributed by atoms with Crippen molar-refractivity contribution >= 4 is 47.1 Å². The van der Waals surface area contributed by atoms with Gasteiger partial charge in [-0.15, -0.1) is 0 Å². The Kier molecular flexibility index (Phi) is 15.4. The van der Waals surface area contributed by atoms with Crippen LogP contribution in [0.2, 0.25) is 0 Å². The van der Waals surface area contributed by atoms with Crippen molar-refractivity contribution in [3.05, 3.63) is 77.9 Å². The first kappa shape index (κ1) is 42.6. The molecule has 0 aromatic heterocycles. The highest BCUT2D eigenvalue weighted by molar-refractivity contribution is 5.98. The molecule has 2 aliphatic carbocycles. The number of rotatable bonds is 9. The third kappa shape index (κ3) is 13.0. The molecule has 4 atom stereocenters. The maximum absolute atomic E-state index is 13.7. The lowest BCUT2D eigenvalue weighted by molar-refractivity contribution is -0.142. The van der Waals surface area contributed by atoms with Crippen molar-refractivity contribution in [3.63, 3.8) is 0 Å². The second-order valence-electron chi connectivity index (χ2n) is 15.8. The highest BCUT2D eigenvalue weighted by Crippen LogP contribution is 2.44. The average Bonchev–Trinajstić information content (AvgIpc) is 3.64. The summed E-state index contributed by atoms with van der Waals surface area (Å²) in [7, 11) is 0. The van der Waals surface area contributed by atoms with Crippen molar-refractivity contribution < 1.29 is 38.7 Å². The maximum Gasteiger partial charge on any atom is 0.326 e. The minimum absolute atomic E-state index is 0.0118. The van der Waals surface area contributed by atoms with Crippen molar-refractivity contribution in [2.45, 2.75) is 121 Å². The number of aliphatic carboxylic acids is 1. The smallest absolute Gasteiger partial charge is 0.326 e. The number of carbonyl (C=O) groups excluding carboxylic acids is 6. The number of nitrogens with one attached hydrogen (secondary N) is 6. The van der Waals surface area contributed by atoms with Gasteiger partial charge in [0.25, 0.3) is 0 Å². The Morgan fingerprint density at radius 3 is 2.12 bits per heavy atom. The summed E-state index contributed by atoms with van der Waals surface area (Å²) >= 11 is 0. The molecular weight excluding hydrogens is 729 g/mol. The monoisotopic (exact) mass is 784 g/mol. The Bertz CT molecular complexity index is 1770. The van der Waals surface area contributed by atoms with Crippen LogP contribution in [0.3, 0.4) is 0 Å². The predicted molar refractivity (Wildman–Crippen MR) is 213 cm³/mol. The van der Waals surface area contributed by atoms with Crippen LogP contribution < -0.4 is 31.9 Å². The molecule has 57 heavy (non-hydrogen) atoms. The van der Waals surface area contributed by atoms with Gasteiger partial charge in [0, 0.05) is 31.5 Å². The van der Waals surface area contributed by atoms with Gasteiger partial charge in [0.1, 0.15) is 24.2 Å². The molecule has 2 aromatic carbocycles. The fraction of sp³-hybridized carbons (Fsp3) is 0.512. The van der Waals surface area contributed by atoms with Crippen LogP contribution in [0, 0.1) is 11.3 Å². The van der Waals surface area contributed by atoms with Crippen LogP contribution in [0.1, 0.15) is 95.1 Å². The van der Waals surface area contributed by atoms with E-state index in [1.54, 1.807) is 36.4 Å². The summed E-state index contributed by atoms with van der Waals surface area (Å²) in [6.07, 6.45) is 10.9. The van der Waals surface area contributed by atoms with Crippen LogP contribution in [-0.2, 0) is 46.4 Å². The van der Waals surface area contributed by atoms with Gasteiger partial charge in [-0.25, -0.2) is 4.79 Å². The molecular formula is C43H56N6O8. The molecule has 0 radical (unpaired) electrons. The molecule has 1 aliphatic heterocycles. The Morgan fingerprint density at radius 2 is 1.46 bits per heavy atom. The molecule has 5 rings (SSSR count). The summed E-state index contributed by atoms with van der Waals surface area (Å²) in [5.41, 5.74) is 1.35. The zero-order valence-electron chi connectivity index (χ0n) is 32.6. The van der Waals surface area contributed by atoms with Gasteiger partial charge < -0.3 is 37.0 Å². The van der Waals surface area contributed by atoms with E-state index in [9.17, 15) is 38.7 Å². The summed E-state index contributed by atoms with van der Waals surface area (Å²) in [5.74, 6) is -3.65. The highest BCUT2D eigenvalue weighted by Gasteiger charge is 2.39. The lowest BCUT2D eigenvalue weighted by Gasteiger charge is -2.30. The van der Waals surface area contributed by atoms with E-state index in [1.807, 2.05) is 30.3 Å². The van der Waals surface area contributed by atoms with Crippen LogP contribution in [0.4, 0.5) is 5.69 Å². The number of benzene rings is 2. The molecule has 14 heteroatoms. The van der Waals surface area contributed by atoms with E-state index in [2.05, 4.69) is 31.9 Å². The molecule has 7 N–H and O–H groups in total. The molecule has 0 bridgehead atoms. The van der Waals surface area contributed by atoms with E-state index >= 15 is 0 Å². The van der Waals surface area contributed by atoms with Gasteiger partial charge in [-0.2, -0.15) is 0 Å². The fourth-order valence-electron chi connectivity index (χ4n) is 8.20. The quantitative estimate of drug-likeness (QED) is 0.187. The average molecular weight is 785 g/mol. The molecule has 0 unspecified atom stereocenters. The summed E-state index contributed by atoms with van der Waals surface area (Å²) in [4.78, 5) is 92.0. The van der Waals surface area contributed by atoms with Crippen molar-refractivity contribution in [2.24, 2.45) is 11.3 Å². The normalized spacial score (nSPS) is 23.7. The van der Waals surface area contributed by atoms with E-state index < -0.39 is 59.2 Å². The van der Waals surface area contributed by atoms with Crippen LogP contribution >= 0.6 is 0 Å². The third-order valence-electron chi connectivity index (χ3n) is 11.3. The standard InChI is InChI=1S/C43H56N6O8/c1-28-39(53)44-23-11-8-16-33(42(56)57)47-36(51)26-43(21-9-10-22-43)27-37(52)48-34(40(54)45-28)24-30-17-19-32(20-18-30)46-41(55)38(31-14-6-3-7-15-31)49-35(50)25-29-12-4-2-5-13-29/h2,4-5,8,11-13,17-20,28,31,33-34,38H,3,6-7,9-10,14-16,21-27H2,1H3,(H,44,53)(H,45,54)(H,46,55)(H,47,51)(H,48,52)(H,49,50)(H,56,57)/b11-8+/t28-,33+,34+,38+/m1/s1. The maximum atomic E-state index is 13.7. The molecule has 2 aromatic rings. The number of carbonyl (C=O) groups is 7. The number of hydrogen-bond donors (Lipinski definition) is 7. The highest BCUT2D eigenvalue weighted by atomic mass is 16.4. The van der Waals surface area contributed by atoms with Gasteiger partial charge in [-0.3, -0.25) is 28.8 Å². The SMILES string of the molecule is C[C@H]1NC(=O)[C@H](Cc2ccc(NC(=O)[C@@H](NC(=O)Cc3ccccc3)C3CCCCC3)cc2)NC(=O)CC2(CCCC2)CC(=O)N[C@H](C(=O)O)C/C=C/CNC1=O. The molecule has 6 amide bonds. The van der Waals surface area contributed by atoms with Crippen molar-refractivity contribution in [1.29, 1.82) is 0 Å². The second kappa shape index (κ2) is 20.6. The van der Waals surface area contributed by atoms with Crippen LogP contribution in [-0.4, -0.2) is 77.2 Å². The molecule has 1 spiro atoms. The Balaban J connectivity index is 1.29. The van der Waals surface area contributed by atoms with E-state index in [-0.39, 0.29) is 56.4 Å². The van der Waals surface area contributed by atoms with Crippen LogP contribution in [0.15, 0.2) is 66.7 Å². The Morgan fingerprint density at radius 1 is 0.789 bits per heavy atom. The Labute approximate surface area is 333 Å². The molecule has 2 fully saturated rings. The van der Waals surface area contributed by atoms with Gasteiger partial charge in [0.2, 0.25) is 35.4 Å². The first-order valence-electron chi connectivity index (χ1n) is 20.2. The number of hydrogen-bond acceptors (Lipinski definition) is 7. The van der Waals surface area contributed by atoms with Crippen molar-refractivity contribution in [1.82, 2.24) is 26.6 Å². The second-order valence-corrected chi connectivity index (χ2v) is 15.8. The Hall–Kier alpha value is -5.53. The minimum atomic E-state index is -1.19. The van der Waals surface area contributed by atoms with Gasteiger partial charge >= 0.3 is 5.97 Å². The lowest BCUT2D eigenvalue weighted by atomic mass is 9.78. The number of anilines is 1. The van der Waals surface area contributed by atoms with Crippen LogP contribution in [0.25, 0.3) is 0 Å². The van der Waals surface area contributed by atoms with Gasteiger partial charge in [0.15, 0.2) is 0 Å². The molecule has 0 saturated heterocycles. The van der Waals surface area contributed by atoms with Gasteiger partial charge in [-0.05, 0) is 73.6 Å². The van der Waals surface area contributed by atoms with Crippen molar-refractivity contribution in [2.75, 3.05) is 11.9 Å². The van der Waals surface area contributed by atoms with Crippen molar-refractivity contribution in [3.8, 4) is 0 Å². The largest absolute Gasteiger partial charge is 0.480 e.